The molecular formula is C44H30N4. The highest BCUT2D eigenvalue weighted by molar-refractivity contribution is 6.21. The second-order valence-corrected chi connectivity index (χ2v) is 12.6. The highest BCUT2D eigenvalue weighted by Gasteiger charge is 2.35. The molecular weight excluding hydrogens is 585 g/mol. The highest BCUT2D eigenvalue weighted by atomic mass is 15.3. The summed E-state index contributed by atoms with van der Waals surface area (Å²) in [7, 11) is 0. The van der Waals surface area contributed by atoms with E-state index in [1.807, 2.05) is 12.3 Å². The highest BCUT2D eigenvalue weighted by Crippen LogP contribution is 2.47. The summed E-state index contributed by atoms with van der Waals surface area (Å²) in [5, 5.41) is 4.94. The van der Waals surface area contributed by atoms with E-state index in [-0.39, 0.29) is 12.0 Å². The Labute approximate surface area is 278 Å². The van der Waals surface area contributed by atoms with Crippen LogP contribution < -0.4 is 4.90 Å². The number of para-hydroxylation sites is 2. The predicted molar refractivity (Wildman–Crippen MR) is 198 cm³/mol. The first kappa shape index (κ1) is 26.9. The zero-order valence-corrected chi connectivity index (χ0v) is 26.1. The van der Waals surface area contributed by atoms with Crippen molar-refractivity contribution in [3.05, 3.63) is 176 Å². The zero-order chi connectivity index (χ0) is 31.6. The van der Waals surface area contributed by atoms with Crippen LogP contribution in [0.3, 0.4) is 0 Å². The van der Waals surface area contributed by atoms with Crippen LogP contribution in [0, 0.1) is 0 Å². The average molecular weight is 615 g/mol. The number of allylic oxidation sites excluding steroid dienone is 2. The van der Waals surface area contributed by atoms with Gasteiger partial charge in [0.25, 0.3) is 0 Å². The van der Waals surface area contributed by atoms with E-state index in [9.17, 15) is 0 Å². The summed E-state index contributed by atoms with van der Waals surface area (Å²) < 4.78 is 2.38. The van der Waals surface area contributed by atoms with Crippen molar-refractivity contribution in [3.8, 4) is 28.1 Å². The van der Waals surface area contributed by atoms with Crippen molar-refractivity contribution in [3.63, 3.8) is 0 Å². The van der Waals surface area contributed by atoms with Gasteiger partial charge in [-0.3, -0.25) is 0 Å². The molecule has 2 aromatic heterocycles. The molecule has 8 aromatic rings. The number of rotatable bonds is 3. The van der Waals surface area contributed by atoms with Gasteiger partial charge in [0.05, 0.1) is 28.5 Å². The Morgan fingerprint density at radius 1 is 0.583 bits per heavy atom. The summed E-state index contributed by atoms with van der Waals surface area (Å²) in [6, 6.07) is 50.1. The molecule has 226 valence electrons. The second-order valence-electron chi connectivity index (χ2n) is 12.6. The maximum atomic E-state index is 5.33. The van der Waals surface area contributed by atoms with Gasteiger partial charge in [0.1, 0.15) is 0 Å². The summed E-state index contributed by atoms with van der Waals surface area (Å²) in [6.07, 6.45) is 10.8. The first-order valence-corrected chi connectivity index (χ1v) is 16.5. The molecule has 1 aliphatic carbocycles. The van der Waals surface area contributed by atoms with Crippen LogP contribution >= 0.6 is 0 Å². The molecule has 0 radical (unpaired) electrons. The van der Waals surface area contributed by atoms with Crippen LogP contribution in [-0.4, -0.2) is 20.6 Å². The molecule has 0 amide bonds. The molecule has 2 unspecified atom stereocenters. The van der Waals surface area contributed by atoms with E-state index in [2.05, 4.69) is 167 Å². The van der Waals surface area contributed by atoms with Crippen molar-refractivity contribution < 1.29 is 0 Å². The van der Waals surface area contributed by atoms with Crippen molar-refractivity contribution in [2.24, 2.45) is 0 Å². The van der Waals surface area contributed by atoms with Gasteiger partial charge < -0.3 is 9.47 Å². The molecule has 2 aliphatic rings. The third kappa shape index (κ3) is 4.02. The van der Waals surface area contributed by atoms with E-state index >= 15 is 0 Å². The third-order valence-electron chi connectivity index (χ3n) is 10.0. The fourth-order valence-corrected chi connectivity index (χ4v) is 7.91. The Kier molecular flexibility index (Phi) is 5.97. The molecule has 3 heterocycles. The van der Waals surface area contributed by atoms with Crippen molar-refractivity contribution in [2.45, 2.75) is 12.0 Å². The summed E-state index contributed by atoms with van der Waals surface area (Å²) in [6.45, 7) is 0. The molecule has 0 bridgehead atoms. The van der Waals surface area contributed by atoms with Gasteiger partial charge in [-0.25, -0.2) is 9.97 Å². The van der Waals surface area contributed by atoms with Crippen LogP contribution in [0.15, 0.2) is 170 Å². The lowest BCUT2D eigenvalue weighted by Gasteiger charge is -2.34. The topological polar surface area (TPSA) is 34.0 Å². The van der Waals surface area contributed by atoms with E-state index in [1.165, 1.54) is 49.3 Å². The number of hydrogen-bond donors (Lipinski definition) is 0. The van der Waals surface area contributed by atoms with Gasteiger partial charge in [0, 0.05) is 39.7 Å². The number of aromatic nitrogens is 3. The molecule has 4 nitrogen and oxygen atoms in total. The zero-order valence-electron chi connectivity index (χ0n) is 26.1. The summed E-state index contributed by atoms with van der Waals surface area (Å²) >= 11 is 0. The molecule has 6 aromatic carbocycles. The van der Waals surface area contributed by atoms with Gasteiger partial charge in [0.15, 0.2) is 0 Å². The molecule has 0 saturated carbocycles. The second kappa shape index (κ2) is 10.6. The van der Waals surface area contributed by atoms with Crippen molar-refractivity contribution in [1.82, 2.24) is 14.5 Å². The van der Waals surface area contributed by atoms with Crippen LogP contribution in [0.2, 0.25) is 0 Å². The largest absolute Gasteiger partial charge is 0.309 e. The minimum absolute atomic E-state index is 0.0349. The first-order chi connectivity index (χ1) is 23.8. The van der Waals surface area contributed by atoms with E-state index in [4.69, 9.17) is 9.97 Å². The first-order valence-electron chi connectivity index (χ1n) is 16.5. The van der Waals surface area contributed by atoms with Crippen LogP contribution in [0.4, 0.5) is 11.6 Å². The maximum Gasteiger partial charge on any atom is 0.231 e. The normalized spacial score (nSPS) is 16.5. The number of hydrogen-bond acceptors (Lipinski definition) is 3. The summed E-state index contributed by atoms with van der Waals surface area (Å²) in [5.41, 5.74) is 10.4. The molecule has 2 atom stereocenters. The van der Waals surface area contributed by atoms with Crippen LogP contribution in [-0.2, 0) is 0 Å². The van der Waals surface area contributed by atoms with E-state index < -0.39 is 0 Å². The smallest absolute Gasteiger partial charge is 0.231 e. The van der Waals surface area contributed by atoms with Gasteiger partial charge in [-0.15, -0.1) is 0 Å². The summed E-state index contributed by atoms with van der Waals surface area (Å²) in [5.74, 6) is 0.861. The van der Waals surface area contributed by atoms with Crippen molar-refractivity contribution in [2.75, 3.05) is 4.90 Å². The molecule has 0 fully saturated rings. The van der Waals surface area contributed by atoms with Crippen LogP contribution in [0.1, 0.15) is 11.5 Å². The lowest BCUT2D eigenvalue weighted by atomic mass is 9.85. The number of benzene rings is 6. The van der Waals surface area contributed by atoms with E-state index in [0.29, 0.717) is 5.95 Å². The monoisotopic (exact) mass is 614 g/mol. The van der Waals surface area contributed by atoms with E-state index in [1.54, 1.807) is 0 Å². The van der Waals surface area contributed by atoms with E-state index in [0.717, 1.165) is 22.6 Å². The number of anilines is 2. The molecule has 0 spiro atoms. The quantitative estimate of drug-likeness (QED) is 0.199. The summed E-state index contributed by atoms with van der Waals surface area (Å²) in [4.78, 5) is 12.6. The van der Waals surface area contributed by atoms with Crippen LogP contribution in [0.25, 0.3) is 60.6 Å². The Morgan fingerprint density at radius 3 is 2.29 bits per heavy atom. The van der Waals surface area contributed by atoms with Crippen molar-refractivity contribution in [1.29, 1.82) is 0 Å². The van der Waals surface area contributed by atoms with Gasteiger partial charge in [-0.1, -0.05) is 121 Å². The Balaban J connectivity index is 1.18. The van der Waals surface area contributed by atoms with Gasteiger partial charge >= 0.3 is 0 Å². The molecule has 0 N–H and O–H groups in total. The lowest BCUT2D eigenvalue weighted by molar-refractivity contribution is 0.684. The molecule has 0 saturated heterocycles. The number of nitrogens with zero attached hydrogens (tertiary/aromatic N) is 4. The van der Waals surface area contributed by atoms with Crippen molar-refractivity contribution >= 4 is 44.2 Å². The lowest BCUT2D eigenvalue weighted by Crippen LogP contribution is -2.35. The standard InChI is InChI=1S/C44H30N4/c1-2-13-31(14-3-1)47-41-24-23-30(28-37(41)43-32-15-5-4-12-29(32)22-25-42(43)47)38-26-27-45-44(46-38)48-39-20-10-8-18-35(39)33-16-6-7-17-34(33)36-19-9-11-21-40(36)48/h1-28,35,39H. The SMILES string of the molecule is C1=CC2c3ccccc3-c3ccccc3N(c3nccc(-c4ccc5c(c4)c4c6ccccc6ccc4n5-c4ccccc4)n3)C2C=C1. The average Bonchev–Trinajstić information content (AvgIpc) is 3.44. The Hall–Kier alpha value is -6.26. The van der Waals surface area contributed by atoms with Gasteiger partial charge in [-0.2, -0.15) is 0 Å². The Morgan fingerprint density at radius 2 is 1.35 bits per heavy atom. The van der Waals surface area contributed by atoms with Crippen LogP contribution in [0.5, 0.6) is 0 Å². The minimum Gasteiger partial charge on any atom is -0.309 e. The maximum absolute atomic E-state index is 5.33. The number of fused-ring (bicyclic) bond motifs is 10. The van der Waals surface area contributed by atoms with Gasteiger partial charge in [0.2, 0.25) is 5.95 Å². The third-order valence-corrected chi connectivity index (χ3v) is 10.0. The minimum atomic E-state index is 0.0349. The molecule has 4 heteroatoms. The fourth-order valence-electron chi connectivity index (χ4n) is 7.91. The molecule has 10 rings (SSSR count). The fraction of sp³-hybridized carbons (Fsp3) is 0.0455. The Bertz CT molecular complexity index is 2590. The molecule has 1 aliphatic heterocycles. The van der Waals surface area contributed by atoms with Gasteiger partial charge in [-0.05, 0) is 64.4 Å². The predicted octanol–water partition coefficient (Wildman–Crippen LogP) is 10.8. The molecule has 48 heavy (non-hydrogen) atoms.